The first kappa shape index (κ1) is 31.0. The number of allylic oxidation sites excluding steroid dienone is 9. The van der Waals surface area contributed by atoms with Gasteiger partial charge in [0.15, 0.2) is 0 Å². The second-order valence-electron chi connectivity index (χ2n) is 12.8. The van der Waals surface area contributed by atoms with Gasteiger partial charge in [-0.15, -0.1) is 0 Å². The molecule has 3 aliphatic carbocycles. The Morgan fingerprint density at radius 3 is 2.55 bits per heavy atom. The van der Waals surface area contributed by atoms with Crippen molar-refractivity contribution in [3.05, 3.63) is 58.4 Å². The fraction of sp³-hybridized carbons (Fsp3) is 0.722. The van der Waals surface area contributed by atoms with Crippen molar-refractivity contribution in [2.45, 2.75) is 125 Å². The van der Waals surface area contributed by atoms with Crippen LogP contribution < -0.4 is 10.6 Å². The Balaban J connectivity index is 1.45. The Kier molecular flexibility index (Phi) is 13.5. The summed E-state index contributed by atoms with van der Waals surface area (Å²) in [5.74, 6) is 2.93. The van der Waals surface area contributed by atoms with E-state index in [1.165, 1.54) is 119 Å². The van der Waals surface area contributed by atoms with E-state index < -0.39 is 0 Å². The van der Waals surface area contributed by atoms with Crippen molar-refractivity contribution >= 4 is 0 Å². The van der Waals surface area contributed by atoms with E-state index in [1.807, 2.05) is 0 Å². The van der Waals surface area contributed by atoms with Gasteiger partial charge in [0.1, 0.15) is 0 Å². The van der Waals surface area contributed by atoms with Crippen LogP contribution in [0.3, 0.4) is 0 Å². The van der Waals surface area contributed by atoms with Gasteiger partial charge in [-0.2, -0.15) is 0 Å². The van der Waals surface area contributed by atoms with E-state index >= 15 is 0 Å². The lowest BCUT2D eigenvalue weighted by Gasteiger charge is -2.31. The minimum Gasteiger partial charge on any atom is -0.389 e. The van der Waals surface area contributed by atoms with Crippen LogP contribution >= 0.6 is 0 Å². The Morgan fingerprint density at radius 2 is 1.87 bits per heavy atom. The second-order valence-corrected chi connectivity index (χ2v) is 12.8. The van der Waals surface area contributed by atoms with Crippen LogP contribution in [0.25, 0.3) is 0 Å². The summed E-state index contributed by atoms with van der Waals surface area (Å²) in [5, 5.41) is 7.42. The molecule has 0 saturated heterocycles. The molecule has 0 bridgehead atoms. The van der Waals surface area contributed by atoms with Crippen LogP contribution in [-0.4, -0.2) is 19.6 Å². The van der Waals surface area contributed by atoms with Gasteiger partial charge in [0, 0.05) is 12.2 Å². The molecule has 0 amide bonds. The highest BCUT2D eigenvalue weighted by molar-refractivity contribution is 5.37. The molecular weight excluding hydrogens is 460 g/mol. The van der Waals surface area contributed by atoms with E-state index in [0.29, 0.717) is 11.8 Å². The van der Waals surface area contributed by atoms with Crippen molar-refractivity contribution in [3.8, 4) is 0 Å². The van der Waals surface area contributed by atoms with E-state index in [2.05, 4.69) is 70.1 Å². The minimum atomic E-state index is 0.614. The highest BCUT2D eigenvalue weighted by atomic mass is 14.9. The summed E-state index contributed by atoms with van der Waals surface area (Å²) in [7, 11) is 0. The fourth-order valence-corrected chi connectivity index (χ4v) is 7.03. The van der Waals surface area contributed by atoms with Crippen molar-refractivity contribution in [3.63, 3.8) is 0 Å². The Hall–Kier alpha value is -1.54. The highest BCUT2D eigenvalue weighted by Crippen LogP contribution is 2.37. The zero-order valence-electron chi connectivity index (χ0n) is 25.8. The van der Waals surface area contributed by atoms with Gasteiger partial charge in [-0.1, -0.05) is 80.2 Å². The maximum atomic E-state index is 4.65. The SMILES string of the molecule is C=C(CC(/C=C(\C)C1=CC=C(C)CC1)C1CCCCC1)C(C)CCCNCC1CCC(NCC)=C(CC)C1. The lowest BCUT2D eigenvalue weighted by Crippen LogP contribution is -2.28. The number of hydrogen-bond donors (Lipinski definition) is 2. The Labute approximate surface area is 236 Å². The van der Waals surface area contributed by atoms with Crippen molar-refractivity contribution in [2.75, 3.05) is 19.6 Å². The minimum absolute atomic E-state index is 0.614. The number of hydrogen-bond acceptors (Lipinski definition) is 2. The normalized spacial score (nSPS) is 23.1. The van der Waals surface area contributed by atoms with Crippen LogP contribution in [0.1, 0.15) is 125 Å². The first-order valence-corrected chi connectivity index (χ1v) is 16.3. The quantitative estimate of drug-likeness (QED) is 0.166. The zero-order chi connectivity index (χ0) is 27.3. The molecule has 0 aromatic rings. The van der Waals surface area contributed by atoms with Gasteiger partial charge in [0.25, 0.3) is 0 Å². The van der Waals surface area contributed by atoms with Crippen molar-refractivity contribution in [2.24, 2.45) is 23.7 Å². The first-order valence-electron chi connectivity index (χ1n) is 16.3. The van der Waals surface area contributed by atoms with Crippen LogP contribution in [0.15, 0.2) is 58.4 Å². The molecule has 2 heteroatoms. The molecule has 0 aromatic carbocycles. The molecule has 2 nitrogen and oxygen atoms in total. The summed E-state index contributed by atoms with van der Waals surface area (Å²) in [5.41, 5.74) is 9.28. The van der Waals surface area contributed by atoms with Gasteiger partial charge in [0.05, 0.1) is 0 Å². The monoisotopic (exact) mass is 520 g/mol. The summed E-state index contributed by atoms with van der Waals surface area (Å²) >= 11 is 0. The van der Waals surface area contributed by atoms with Crippen LogP contribution in [0.5, 0.6) is 0 Å². The third-order valence-electron chi connectivity index (χ3n) is 9.78. The van der Waals surface area contributed by atoms with Gasteiger partial charge >= 0.3 is 0 Å². The van der Waals surface area contributed by atoms with Gasteiger partial charge in [-0.25, -0.2) is 0 Å². The predicted octanol–water partition coefficient (Wildman–Crippen LogP) is 9.82. The average Bonchev–Trinajstić information content (AvgIpc) is 2.93. The molecule has 2 N–H and O–H groups in total. The largest absolute Gasteiger partial charge is 0.389 e. The second kappa shape index (κ2) is 16.5. The number of nitrogens with one attached hydrogen (secondary N) is 2. The van der Waals surface area contributed by atoms with Crippen molar-refractivity contribution < 1.29 is 0 Å². The molecule has 3 rings (SSSR count). The van der Waals surface area contributed by atoms with Gasteiger partial charge in [-0.05, 0) is 134 Å². The van der Waals surface area contributed by atoms with E-state index in [9.17, 15) is 0 Å². The summed E-state index contributed by atoms with van der Waals surface area (Å²) in [4.78, 5) is 0. The Bertz CT molecular complexity index is 864. The molecule has 3 aliphatic rings. The zero-order valence-corrected chi connectivity index (χ0v) is 25.8. The molecule has 0 aromatic heterocycles. The van der Waals surface area contributed by atoms with Crippen molar-refractivity contribution in [1.29, 1.82) is 0 Å². The molecule has 0 radical (unpaired) electrons. The summed E-state index contributed by atoms with van der Waals surface area (Å²) < 4.78 is 0. The van der Waals surface area contributed by atoms with Gasteiger partial charge in [0.2, 0.25) is 0 Å². The summed E-state index contributed by atoms with van der Waals surface area (Å²) in [6, 6.07) is 0. The third-order valence-corrected chi connectivity index (χ3v) is 9.78. The molecule has 1 fully saturated rings. The van der Waals surface area contributed by atoms with E-state index in [-0.39, 0.29) is 0 Å². The third kappa shape index (κ3) is 9.89. The van der Waals surface area contributed by atoms with Gasteiger partial charge < -0.3 is 10.6 Å². The van der Waals surface area contributed by atoms with Gasteiger partial charge in [-0.3, -0.25) is 0 Å². The molecule has 214 valence electrons. The summed E-state index contributed by atoms with van der Waals surface area (Å²) in [6.07, 6.45) is 25.6. The summed E-state index contributed by atoms with van der Waals surface area (Å²) in [6.45, 7) is 19.6. The van der Waals surface area contributed by atoms with E-state index in [0.717, 1.165) is 24.9 Å². The average molecular weight is 521 g/mol. The molecule has 0 heterocycles. The molecule has 0 spiro atoms. The van der Waals surface area contributed by atoms with Crippen LogP contribution in [0.4, 0.5) is 0 Å². The van der Waals surface area contributed by atoms with Crippen LogP contribution in [-0.2, 0) is 0 Å². The molecule has 0 aliphatic heterocycles. The fourth-order valence-electron chi connectivity index (χ4n) is 7.03. The lowest BCUT2D eigenvalue weighted by atomic mass is 9.74. The van der Waals surface area contributed by atoms with E-state index in [4.69, 9.17) is 0 Å². The number of rotatable bonds is 15. The maximum Gasteiger partial charge on any atom is 0.0115 e. The van der Waals surface area contributed by atoms with E-state index in [1.54, 1.807) is 11.1 Å². The Morgan fingerprint density at radius 1 is 1.08 bits per heavy atom. The molecule has 3 unspecified atom stereocenters. The van der Waals surface area contributed by atoms with Crippen LogP contribution in [0.2, 0.25) is 0 Å². The van der Waals surface area contributed by atoms with Crippen LogP contribution in [0, 0.1) is 23.7 Å². The maximum absolute atomic E-state index is 4.65. The molecule has 1 saturated carbocycles. The molecular formula is C36H60N2. The topological polar surface area (TPSA) is 24.1 Å². The molecule has 3 atom stereocenters. The molecule has 38 heavy (non-hydrogen) atoms. The first-order chi connectivity index (χ1) is 18.4. The standard InChI is InChI=1S/C36H60N2/c1-7-32-25-31(18-21-36(32)38-8-2)26-37-22-12-13-28(4)29(5)23-35(34-14-10-9-11-15-34)24-30(6)33-19-16-27(3)17-20-33/h16,19,24,28,31,34-35,37-38H,5,7-15,17-18,20-23,25-26H2,1-4,6H3/b30-24+. The predicted molar refractivity (Wildman–Crippen MR) is 168 cm³/mol. The highest BCUT2D eigenvalue weighted by Gasteiger charge is 2.25. The smallest absolute Gasteiger partial charge is 0.0115 e. The lowest BCUT2D eigenvalue weighted by molar-refractivity contribution is 0.279. The van der Waals surface area contributed by atoms with Crippen molar-refractivity contribution in [1.82, 2.24) is 10.6 Å².